The third-order valence-electron chi connectivity index (χ3n) is 5.03. The number of carbonyl (C=O) groups excluding carboxylic acids is 1. The molecule has 0 saturated carbocycles. The van der Waals surface area contributed by atoms with Crippen LogP contribution in [0.4, 0.5) is 5.82 Å². The molecule has 0 aliphatic carbocycles. The normalized spacial score (nSPS) is 17.3. The Kier molecular flexibility index (Phi) is 5.03. The van der Waals surface area contributed by atoms with Crippen LogP contribution in [0.2, 0.25) is 0 Å². The molecule has 6 nitrogen and oxygen atoms in total. The van der Waals surface area contributed by atoms with E-state index in [4.69, 9.17) is 0 Å². The van der Waals surface area contributed by atoms with Gasteiger partial charge < -0.3 is 10.2 Å². The minimum absolute atomic E-state index is 0.123. The van der Waals surface area contributed by atoms with Crippen LogP contribution < -0.4 is 5.32 Å². The second kappa shape index (κ2) is 7.60. The van der Waals surface area contributed by atoms with Crippen LogP contribution in [0.5, 0.6) is 0 Å². The monoisotopic (exact) mass is 381 g/mol. The molecular weight excluding hydrogens is 358 g/mol. The van der Waals surface area contributed by atoms with Crippen LogP contribution in [0.15, 0.2) is 30.7 Å². The molecule has 4 heterocycles. The van der Waals surface area contributed by atoms with Crippen molar-refractivity contribution in [3.8, 4) is 0 Å². The number of rotatable bonds is 4. The van der Waals surface area contributed by atoms with E-state index in [-0.39, 0.29) is 5.91 Å². The average Bonchev–Trinajstić information content (AvgIpc) is 3.04. The smallest absolute Gasteiger partial charge is 0.264 e. The van der Waals surface area contributed by atoms with Gasteiger partial charge in [-0.2, -0.15) is 0 Å². The summed E-state index contributed by atoms with van der Waals surface area (Å²) in [4.78, 5) is 29.8. The number of pyridine rings is 1. The third-order valence-corrected chi connectivity index (χ3v) is 6.22. The van der Waals surface area contributed by atoms with Crippen molar-refractivity contribution in [3.05, 3.63) is 46.9 Å². The van der Waals surface area contributed by atoms with E-state index in [1.807, 2.05) is 30.0 Å². The van der Waals surface area contributed by atoms with Crippen molar-refractivity contribution in [2.24, 2.45) is 5.92 Å². The second-order valence-corrected chi connectivity index (χ2v) is 8.13. The Labute approximate surface area is 162 Å². The number of likely N-dealkylation sites (tertiary alicyclic amines) is 1. The van der Waals surface area contributed by atoms with Gasteiger partial charge in [0.2, 0.25) is 0 Å². The van der Waals surface area contributed by atoms with Crippen molar-refractivity contribution in [2.45, 2.75) is 33.2 Å². The number of hydrogen-bond acceptors (Lipinski definition) is 6. The molecule has 1 N–H and O–H groups in total. The Bertz CT molecular complexity index is 956. The third kappa shape index (κ3) is 3.64. The van der Waals surface area contributed by atoms with E-state index in [9.17, 15) is 4.79 Å². The number of fused-ring (bicyclic) bond motifs is 1. The molecule has 0 bridgehead atoms. The van der Waals surface area contributed by atoms with Gasteiger partial charge in [-0.1, -0.05) is 13.0 Å². The topological polar surface area (TPSA) is 71.0 Å². The summed E-state index contributed by atoms with van der Waals surface area (Å²) in [5.41, 5.74) is 1.90. The second-order valence-electron chi connectivity index (χ2n) is 7.13. The molecule has 7 heteroatoms. The highest BCUT2D eigenvalue weighted by Gasteiger charge is 2.26. The number of nitrogens with one attached hydrogen (secondary N) is 1. The van der Waals surface area contributed by atoms with Crippen LogP contribution in [0, 0.1) is 12.8 Å². The first-order chi connectivity index (χ1) is 13.1. The zero-order valence-electron chi connectivity index (χ0n) is 15.6. The molecule has 1 fully saturated rings. The highest BCUT2D eigenvalue weighted by Crippen LogP contribution is 2.34. The Morgan fingerprint density at radius 2 is 2.22 bits per heavy atom. The van der Waals surface area contributed by atoms with Gasteiger partial charge in [0.05, 0.1) is 22.5 Å². The Morgan fingerprint density at radius 1 is 1.33 bits per heavy atom. The number of hydrogen-bond donors (Lipinski definition) is 1. The minimum Gasteiger partial charge on any atom is -0.364 e. The minimum atomic E-state index is 0.123. The van der Waals surface area contributed by atoms with Gasteiger partial charge in [-0.05, 0) is 43.4 Å². The van der Waals surface area contributed by atoms with E-state index in [1.54, 1.807) is 12.5 Å². The van der Waals surface area contributed by atoms with Crippen molar-refractivity contribution in [1.82, 2.24) is 19.9 Å². The summed E-state index contributed by atoms with van der Waals surface area (Å²) in [5, 5.41) is 4.29. The standard InChI is InChI=1S/C20H23N5OS/c1-13-6-5-9-25(11-13)20(26)17-14(2)16-18(23-12-24-19(16)27-17)22-10-15-7-3-4-8-21-15/h3-4,7-8,12-13H,5-6,9-11H2,1-2H3,(H,22,23,24). The molecule has 1 aliphatic rings. The summed E-state index contributed by atoms with van der Waals surface area (Å²) in [7, 11) is 0. The van der Waals surface area contributed by atoms with Gasteiger partial charge in [-0.15, -0.1) is 11.3 Å². The zero-order valence-corrected chi connectivity index (χ0v) is 16.4. The maximum Gasteiger partial charge on any atom is 0.264 e. The number of anilines is 1. The Balaban J connectivity index is 1.62. The molecule has 3 aromatic heterocycles. The molecule has 1 aliphatic heterocycles. The summed E-state index contributed by atoms with van der Waals surface area (Å²) in [6.45, 7) is 6.46. The van der Waals surface area contributed by atoms with E-state index in [0.717, 1.165) is 51.7 Å². The van der Waals surface area contributed by atoms with Crippen LogP contribution in [-0.2, 0) is 6.54 Å². The van der Waals surface area contributed by atoms with Crippen molar-refractivity contribution < 1.29 is 4.79 Å². The summed E-state index contributed by atoms with van der Waals surface area (Å²) >= 11 is 1.46. The van der Waals surface area contributed by atoms with E-state index < -0.39 is 0 Å². The molecule has 1 saturated heterocycles. The van der Waals surface area contributed by atoms with E-state index in [0.29, 0.717) is 12.5 Å². The van der Waals surface area contributed by atoms with Gasteiger partial charge in [0, 0.05) is 19.3 Å². The van der Waals surface area contributed by atoms with Crippen molar-refractivity contribution in [1.29, 1.82) is 0 Å². The SMILES string of the molecule is Cc1c(C(=O)N2CCCC(C)C2)sc2ncnc(NCc3ccccn3)c12. The van der Waals surface area contributed by atoms with Crippen molar-refractivity contribution >= 4 is 33.3 Å². The van der Waals surface area contributed by atoms with Crippen molar-refractivity contribution in [2.75, 3.05) is 18.4 Å². The highest BCUT2D eigenvalue weighted by molar-refractivity contribution is 7.20. The zero-order chi connectivity index (χ0) is 18.8. The molecular formula is C20H23N5OS. The number of carbonyl (C=O) groups is 1. The van der Waals surface area contributed by atoms with Crippen LogP contribution in [0.25, 0.3) is 10.2 Å². The van der Waals surface area contributed by atoms with Gasteiger partial charge >= 0.3 is 0 Å². The van der Waals surface area contributed by atoms with Crippen LogP contribution in [0.1, 0.15) is 40.7 Å². The number of aryl methyl sites for hydroxylation is 1. The number of piperidine rings is 1. The van der Waals surface area contributed by atoms with Gasteiger partial charge in [0.1, 0.15) is 17.0 Å². The Morgan fingerprint density at radius 3 is 3.00 bits per heavy atom. The molecule has 0 radical (unpaired) electrons. The summed E-state index contributed by atoms with van der Waals surface area (Å²) in [5.74, 6) is 1.44. The molecule has 140 valence electrons. The fourth-order valence-corrected chi connectivity index (χ4v) is 4.72. The number of aromatic nitrogens is 3. The highest BCUT2D eigenvalue weighted by atomic mass is 32.1. The van der Waals surface area contributed by atoms with Crippen LogP contribution >= 0.6 is 11.3 Å². The molecule has 0 aromatic carbocycles. The molecule has 3 aromatic rings. The van der Waals surface area contributed by atoms with Gasteiger partial charge in [0.25, 0.3) is 5.91 Å². The van der Waals surface area contributed by atoms with E-state index in [1.165, 1.54) is 17.8 Å². The first kappa shape index (κ1) is 17.9. The predicted octanol–water partition coefficient (Wildman–Crippen LogP) is 3.88. The van der Waals surface area contributed by atoms with E-state index in [2.05, 4.69) is 27.2 Å². The number of nitrogens with zero attached hydrogens (tertiary/aromatic N) is 4. The molecule has 1 atom stereocenters. The first-order valence-electron chi connectivity index (χ1n) is 9.30. The fourth-order valence-electron chi connectivity index (χ4n) is 3.60. The Hall–Kier alpha value is -2.54. The molecule has 4 rings (SSSR count). The fraction of sp³-hybridized carbons (Fsp3) is 0.400. The summed E-state index contributed by atoms with van der Waals surface area (Å²) in [6.07, 6.45) is 5.60. The van der Waals surface area contributed by atoms with E-state index >= 15 is 0 Å². The van der Waals surface area contributed by atoms with Gasteiger partial charge in [0.15, 0.2) is 0 Å². The number of amides is 1. The lowest BCUT2D eigenvalue weighted by molar-refractivity contribution is 0.0687. The van der Waals surface area contributed by atoms with Gasteiger partial charge in [-0.25, -0.2) is 9.97 Å². The lowest BCUT2D eigenvalue weighted by atomic mass is 10.00. The van der Waals surface area contributed by atoms with Crippen LogP contribution in [-0.4, -0.2) is 38.8 Å². The first-order valence-corrected chi connectivity index (χ1v) is 10.1. The molecule has 1 unspecified atom stereocenters. The quantitative estimate of drug-likeness (QED) is 0.743. The lowest BCUT2D eigenvalue weighted by Gasteiger charge is -2.30. The van der Waals surface area contributed by atoms with Crippen molar-refractivity contribution in [3.63, 3.8) is 0 Å². The maximum absolute atomic E-state index is 13.1. The summed E-state index contributed by atoms with van der Waals surface area (Å²) in [6, 6.07) is 5.83. The average molecular weight is 382 g/mol. The van der Waals surface area contributed by atoms with Crippen LogP contribution in [0.3, 0.4) is 0 Å². The maximum atomic E-state index is 13.1. The molecule has 27 heavy (non-hydrogen) atoms. The number of thiophene rings is 1. The lowest BCUT2D eigenvalue weighted by Crippen LogP contribution is -2.38. The van der Waals surface area contributed by atoms with Gasteiger partial charge in [-0.3, -0.25) is 9.78 Å². The molecule has 0 spiro atoms. The summed E-state index contributed by atoms with van der Waals surface area (Å²) < 4.78 is 0. The predicted molar refractivity (Wildman–Crippen MR) is 108 cm³/mol. The largest absolute Gasteiger partial charge is 0.364 e. The molecule has 1 amide bonds.